The summed E-state index contributed by atoms with van der Waals surface area (Å²) >= 11 is 0. The van der Waals surface area contributed by atoms with Crippen LogP contribution in [0.4, 0.5) is 13.2 Å². The Morgan fingerprint density at radius 3 is 2.43 bits per heavy atom. The Bertz CT molecular complexity index is 1500. The normalized spacial score (nSPS) is 20.0. The molecule has 3 aliphatic rings. The van der Waals surface area contributed by atoms with Gasteiger partial charge in [0.2, 0.25) is 0 Å². The number of amides is 1. The molecule has 3 aromatic carbocycles. The van der Waals surface area contributed by atoms with Crippen LogP contribution in [-0.4, -0.2) is 42.8 Å². The van der Waals surface area contributed by atoms with Crippen LogP contribution in [0.15, 0.2) is 54.6 Å². The molecule has 2 N–H and O–H groups in total. The Morgan fingerprint density at radius 1 is 0.976 bits per heavy atom. The van der Waals surface area contributed by atoms with Crippen molar-refractivity contribution in [3.8, 4) is 22.6 Å². The summed E-state index contributed by atoms with van der Waals surface area (Å²) in [4.78, 5) is 23.9. The first-order chi connectivity index (χ1) is 20.2. The first kappa shape index (κ1) is 28.1. The molecule has 0 aromatic heterocycles. The van der Waals surface area contributed by atoms with Gasteiger partial charge in [-0.05, 0) is 72.2 Å². The molecule has 42 heavy (non-hydrogen) atoms. The van der Waals surface area contributed by atoms with Crippen molar-refractivity contribution in [3.05, 3.63) is 82.4 Å². The number of alkyl halides is 3. The molecule has 0 saturated carbocycles. The highest BCUT2D eigenvalue weighted by molar-refractivity contribution is 5.95. The van der Waals surface area contributed by atoms with E-state index in [2.05, 4.69) is 5.32 Å². The maximum absolute atomic E-state index is 14.2. The largest absolute Gasteiger partial charge is 0.492 e. The number of halogens is 3. The molecule has 0 bridgehead atoms. The van der Waals surface area contributed by atoms with E-state index in [0.29, 0.717) is 59.8 Å². The third-order valence-corrected chi connectivity index (χ3v) is 8.21. The van der Waals surface area contributed by atoms with Crippen molar-refractivity contribution in [2.45, 2.75) is 56.3 Å². The van der Waals surface area contributed by atoms with Crippen molar-refractivity contribution in [3.63, 3.8) is 0 Å². The number of hydrogen-bond donors (Lipinski definition) is 2. The topological polar surface area (TPSA) is 94.1 Å². The summed E-state index contributed by atoms with van der Waals surface area (Å²) < 4.78 is 59.8. The Morgan fingerprint density at radius 2 is 1.71 bits per heavy atom. The average Bonchev–Trinajstić information content (AvgIpc) is 3.56. The lowest BCUT2D eigenvalue weighted by atomic mass is 9.91. The van der Waals surface area contributed by atoms with Gasteiger partial charge in [0, 0.05) is 42.4 Å². The van der Waals surface area contributed by atoms with Crippen molar-refractivity contribution in [2.24, 2.45) is 0 Å². The summed E-state index contributed by atoms with van der Waals surface area (Å²) in [6, 6.07) is 14.1. The Balaban J connectivity index is 1.25. The average molecular weight is 582 g/mol. The number of hydrogen-bond acceptors (Lipinski definition) is 5. The number of aliphatic carboxylic acids is 1. The minimum Gasteiger partial charge on any atom is -0.492 e. The number of carboxylic acid groups (broad SMARTS) is 1. The van der Waals surface area contributed by atoms with E-state index >= 15 is 0 Å². The van der Waals surface area contributed by atoms with E-state index < -0.39 is 23.8 Å². The molecule has 2 atom stereocenters. The van der Waals surface area contributed by atoms with Gasteiger partial charge in [-0.15, -0.1) is 0 Å². The molecular formula is C32H30F3NO6. The molecule has 220 valence electrons. The van der Waals surface area contributed by atoms with Crippen LogP contribution < -0.4 is 14.8 Å². The van der Waals surface area contributed by atoms with E-state index in [1.54, 1.807) is 42.5 Å². The lowest BCUT2D eigenvalue weighted by molar-refractivity contribution is -0.138. The standard InChI is InChI=1S/C32H30F3NO6/c33-32(34,35)26-9-7-24-25(30(26)18-1-3-19(4-2-18)31(39)36-21-11-13-40-14-12-21)8-10-27(24)42-22-5-6-23-20(15-29(37)38)17-41-28(23)16-22/h1-7,9,16,20-21,27H,8,10-15,17H2,(H,36,39)(H,37,38)/t20?,27-/m1/s1. The van der Waals surface area contributed by atoms with Gasteiger partial charge in [0.05, 0.1) is 18.6 Å². The SMILES string of the molecule is O=C(O)CC1COc2cc(O[C@@H]3CCc4c3ccc(C(F)(F)F)c4-c3ccc(C(=O)NC4CCOCC4)cc3)ccc21. The van der Waals surface area contributed by atoms with E-state index in [-0.39, 0.29) is 36.5 Å². The minimum atomic E-state index is -4.56. The maximum atomic E-state index is 14.2. The highest BCUT2D eigenvalue weighted by atomic mass is 19.4. The van der Waals surface area contributed by atoms with Crippen molar-refractivity contribution in [1.82, 2.24) is 5.32 Å². The number of benzene rings is 3. The molecule has 1 amide bonds. The van der Waals surface area contributed by atoms with Gasteiger partial charge in [-0.1, -0.05) is 24.3 Å². The molecule has 2 heterocycles. The zero-order valence-electron chi connectivity index (χ0n) is 22.7. The first-order valence-corrected chi connectivity index (χ1v) is 14.0. The number of carbonyl (C=O) groups is 2. The van der Waals surface area contributed by atoms with Gasteiger partial charge in [0.25, 0.3) is 5.91 Å². The fourth-order valence-electron chi connectivity index (χ4n) is 6.13. The van der Waals surface area contributed by atoms with Crippen LogP contribution in [0.2, 0.25) is 0 Å². The quantitative estimate of drug-likeness (QED) is 0.340. The molecule has 3 aromatic rings. The molecular weight excluding hydrogens is 551 g/mol. The Kier molecular flexibility index (Phi) is 7.57. The molecule has 1 unspecified atom stereocenters. The number of carboxylic acids is 1. The van der Waals surface area contributed by atoms with E-state index in [1.807, 2.05) is 0 Å². The van der Waals surface area contributed by atoms with Gasteiger partial charge in [-0.2, -0.15) is 13.2 Å². The van der Waals surface area contributed by atoms with Crippen LogP contribution in [0.1, 0.15) is 70.3 Å². The van der Waals surface area contributed by atoms with Crippen LogP contribution in [0.5, 0.6) is 11.5 Å². The lowest BCUT2D eigenvalue weighted by Gasteiger charge is -2.23. The van der Waals surface area contributed by atoms with Crippen molar-refractivity contribution >= 4 is 11.9 Å². The van der Waals surface area contributed by atoms with Crippen LogP contribution in [-0.2, 0) is 22.1 Å². The Hall–Kier alpha value is -4.05. The van der Waals surface area contributed by atoms with Crippen LogP contribution in [0.25, 0.3) is 11.1 Å². The molecule has 10 heteroatoms. The Labute approximate surface area is 240 Å². The monoisotopic (exact) mass is 581 g/mol. The number of carbonyl (C=O) groups excluding carboxylic acids is 1. The summed E-state index contributed by atoms with van der Waals surface area (Å²) in [7, 11) is 0. The van der Waals surface area contributed by atoms with Crippen molar-refractivity contribution in [2.75, 3.05) is 19.8 Å². The second kappa shape index (κ2) is 11.3. The van der Waals surface area contributed by atoms with Gasteiger partial charge < -0.3 is 24.6 Å². The highest BCUT2D eigenvalue weighted by Crippen LogP contribution is 2.47. The zero-order valence-corrected chi connectivity index (χ0v) is 22.7. The second-order valence-corrected chi connectivity index (χ2v) is 10.9. The molecule has 0 radical (unpaired) electrons. The molecule has 2 aliphatic heterocycles. The predicted molar refractivity (Wildman–Crippen MR) is 147 cm³/mol. The zero-order chi connectivity index (χ0) is 29.4. The van der Waals surface area contributed by atoms with Crippen LogP contribution >= 0.6 is 0 Å². The van der Waals surface area contributed by atoms with Crippen molar-refractivity contribution in [1.29, 1.82) is 0 Å². The summed E-state index contributed by atoms with van der Waals surface area (Å²) in [5, 5.41) is 12.1. The number of rotatable bonds is 7. The van der Waals surface area contributed by atoms with E-state index in [0.717, 1.165) is 24.5 Å². The smallest absolute Gasteiger partial charge is 0.417 e. The summed E-state index contributed by atoms with van der Waals surface area (Å²) in [5.74, 6) is -0.332. The maximum Gasteiger partial charge on any atom is 0.417 e. The van der Waals surface area contributed by atoms with Crippen LogP contribution in [0.3, 0.4) is 0 Å². The van der Waals surface area contributed by atoms with Gasteiger partial charge in [0.15, 0.2) is 0 Å². The van der Waals surface area contributed by atoms with Gasteiger partial charge in [-0.3, -0.25) is 9.59 Å². The summed E-state index contributed by atoms with van der Waals surface area (Å²) in [5.41, 5.74) is 2.22. The van der Waals surface area contributed by atoms with Crippen LogP contribution in [0, 0.1) is 0 Å². The summed E-state index contributed by atoms with van der Waals surface area (Å²) in [6.45, 7) is 1.44. The number of ether oxygens (including phenoxy) is 3. The molecule has 6 rings (SSSR count). The van der Waals surface area contributed by atoms with E-state index in [1.165, 1.54) is 6.07 Å². The molecule has 1 aliphatic carbocycles. The van der Waals surface area contributed by atoms with Gasteiger partial charge in [0.1, 0.15) is 17.6 Å². The molecule has 7 nitrogen and oxygen atoms in total. The molecule has 1 fully saturated rings. The third kappa shape index (κ3) is 5.68. The fraction of sp³-hybridized carbons (Fsp3) is 0.375. The van der Waals surface area contributed by atoms with E-state index in [4.69, 9.17) is 19.3 Å². The second-order valence-electron chi connectivity index (χ2n) is 10.9. The highest BCUT2D eigenvalue weighted by Gasteiger charge is 2.38. The van der Waals surface area contributed by atoms with E-state index in [9.17, 15) is 22.8 Å². The van der Waals surface area contributed by atoms with Gasteiger partial charge >= 0.3 is 12.1 Å². The lowest BCUT2D eigenvalue weighted by Crippen LogP contribution is -2.38. The molecule has 0 spiro atoms. The fourth-order valence-corrected chi connectivity index (χ4v) is 6.13. The number of nitrogens with one attached hydrogen (secondary N) is 1. The molecule has 1 saturated heterocycles. The first-order valence-electron chi connectivity index (χ1n) is 14.0. The predicted octanol–water partition coefficient (Wildman–Crippen LogP) is 6.30. The summed E-state index contributed by atoms with van der Waals surface area (Å²) in [6.07, 6.45) is -2.72. The van der Waals surface area contributed by atoms with Gasteiger partial charge in [-0.25, -0.2) is 0 Å². The third-order valence-electron chi connectivity index (χ3n) is 8.21. The van der Waals surface area contributed by atoms with Crippen molar-refractivity contribution < 1.29 is 42.1 Å². The minimum absolute atomic E-state index is 0.0143. The number of fused-ring (bicyclic) bond motifs is 2.